The number of carbonyl (C=O) groups is 4. The van der Waals surface area contributed by atoms with Gasteiger partial charge in [0.25, 0.3) is 0 Å². The Morgan fingerprint density at radius 2 is 1.55 bits per heavy atom. The Morgan fingerprint density at radius 3 is 1.73 bits per heavy atom. The first-order valence-electron chi connectivity index (χ1n) is 5.88. The predicted octanol–water partition coefficient (Wildman–Crippen LogP) is 0.371. The fourth-order valence-electron chi connectivity index (χ4n) is 0.565. The molecular weight excluding hydrogens is 296 g/mol. The second kappa shape index (κ2) is 12.0. The summed E-state index contributed by atoms with van der Waals surface area (Å²) >= 11 is 0. The largest absolute Gasteiger partial charge is 0.478 e. The fraction of sp³-hybridized carbons (Fsp3) is 0.286. The third-order valence-corrected chi connectivity index (χ3v) is 1.59. The number of cyclic esters (lactones) is 2. The highest BCUT2D eigenvalue weighted by Crippen LogP contribution is 1.92. The van der Waals surface area contributed by atoms with Crippen molar-refractivity contribution < 1.29 is 38.9 Å². The summed E-state index contributed by atoms with van der Waals surface area (Å²) in [6.07, 6.45) is 2.17. The zero-order chi connectivity index (χ0) is 17.7. The lowest BCUT2D eigenvalue weighted by atomic mass is 10.4. The van der Waals surface area contributed by atoms with Crippen LogP contribution in [0.3, 0.4) is 0 Å². The molecule has 8 heteroatoms. The minimum absolute atomic E-state index is 0.0473. The molecule has 0 aromatic rings. The van der Waals surface area contributed by atoms with Crippen LogP contribution >= 0.6 is 0 Å². The van der Waals surface area contributed by atoms with Crippen molar-refractivity contribution in [3.8, 4) is 0 Å². The van der Waals surface area contributed by atoms with E-state index in [2.05, 4.69) is 22.6 Å². The first kappa shape index (κ1) is 21.6. The number of carboxylic acids is 1. The molecule has 0 bridgehead atoms. The van der Waals surface area contributed by atoms with Crippen molar-refractivity contribution in [1.82, 2.24) is 0 Å². The van der Waals surface area contributed by atoms with E-state index >= 15 is 0 Å². The Morgan fingerprint density at radius 1 is 1.14 bits per heavy atom. The smallest absolute Gasteiger partial charge is 0.338 e. The molecule has 0 spiro atoms. The second-order valence-corrected chi connectivity index (χ2v) is 3.80. The summed E-state index contributed by atoms with van der Waals surface area (Å²) in [7, 11) is 0. The van der Waals surface area contributed by atoms with Crippen LogP contribution in [0, 0.1) is 0 Å². The number of hydrogen-bond acceptors (Lipinski definition) is 7. The Hall–Kier alpha value is -2.74. The number of ether oxygens (including phenoxy) is 2. The summed E-state index contributed by atoms with van der Waals surface area (Å²) in [5.41, 5.74) is 0.526. The van der Waals surface area contributed by atoms with E-state index in [1.54, 1.807) is 6.92 Å². The molecule has 0 aromatic carbocycles. The van der Waals surface area contributed by atoms with E-state index in [4.69, 9.17) is 10.2 Å². The van der Waals surface area contributed by atoms with Gasteiger partial charge in [-0.1, -0.05) is 13.2 Å². The number of hydrogen-bond donors (Lipinski definition) is 2. The van der Waals surface area contributed by atoms with Crippen LogP contribution in [-0.4, -0.2) is 47.3 Å². The molecule has 0 aliphatic carbocycles. The minimum atomic E-state index is -0.935. The van der Waals surface area contributed by atoms with Crippen LogP contribution in [0.1, 0.15) is 13.8 Å². The highest BCUT2D eigenvalue weighted by atomic mass is 16.6. The Kier molecular flexibility index (Phi) is 11.8. The highest BCUT2D eigenvalue weighted by Gasteiger charge is 2.10. The number of aliphatic hydroxyl groups excluding tert-OH is 1. The molecule has 2 N–H and O–H groups in total. The summed E-state index contributed by atoms with van der Waals surface area (Å²) < 4.78 is 8.44. The topological polar surface area (TPSA) is 127 Å². The van der Waals surface area contributed by atoms with E-state index in [9.17, 15) is 19.2 Å². The zero-order valence-corrected chi connectivity index (χ0v) is 12.3. The molecule has 1 rings (SSSR count). The summed E-state index contributed by atoms with van der Waals surface area (Å²) in [4.78, 5) is 39.9. The minimum Gasteiger partial charge on any atom is -0.478 e. The number of aliphatic carboxylic acids is 1. The Balaban J connectivity index is 0. The van der Waals surface area contributed by atoms with Gasteiger partial charge in [0, 0.05) is 23.3 Å². The van der Waals surface area contributed by atoms with Gasteiger partial charge in [-0.2, -0.15) is 0 Å². The standard InChI is InChI=1S/C6H10O3.C4H2O3.C4H6O2/c1-5(2)6(8)9-4-3-7;5-3-1-2-4(6)7-3;1-3(2)4(5)6/h7H,1,3-4H2,2H3;1-2H;1H2,2H3,(H,5,6). The lowest BCUT2D eigenvalue weighted by molar-refractivity contribution is -0.150. The van der Waals surface area contributed by atoms with Gasteiger partial charge in [0.15, 0.2) is 0 Å². The number of carboxylic acid groups (broad SMARTS) is 1. The molecule has 122 valence electrons. The maximum Gasteiger partial charge on any atom is 0.338 e. The van der Waals surface area contributed by atoms with E-state index in [0.29, 0.717) is 5.57 Å². The summed E-state index contributed by atoms with van der Waals surface area (Å²) in [6.45, 7) is 9.42. The van der Waals surface area contributed by atoms with Gasteiger partial charge >= 0.3 is 23.9 Å². The van der Waals surface area contributed by atoms with Gasteiger partial charge < -0.3 is 19.7 Å². The summed E-state index contributed by atoms with van der Waals surface area (Å²) in [6, 6.07) is 0. The molecule has 0 saturated heterocycles. The molecule has 0 aromatic heterocycles. The lowest BCUT2D eigenvalue weighted by Gasteiger charge is -1.99. The Bertz CT molecular complexity index is 459. The second-order valence-electron chi connectivity index (χ2n) is 3.80. The van der Waals surface area contributed by atoms with Crippen LogP contribution in [0.2, 0.25) is 0 Å². The molecule has 0 saturated carbocycles. The number of aliphatic hydroxyl groups is 1. The molecule has 1 heterocycles. The Labute approximate surface area is 127 Å². The number of rotatable bonds is 4. The molecule has 0 radical (unpaired) electrons. The van der Waals surface area contributed by atoms with Crippen LogP contribution in [-0.2, 0) is 28.7 Å². The van der Waals surface area contributed by atoms with Crippen molar-refractivity contribution >= 4 is 23.9 Å². The van der Waals surface area contributed by atoms with E-state index in [1.807, 2.05) is 0 Å². The van der Waals surface area contributed by atoms with Gasteiger partial charge in [-0.25, -0.2) is 19.2 Å². The fourth-order valence-corrected chi connectivity index (χ4v) is 0.565. The normalized spacial score (nSPS) is 11.2. The molecule has 22 heavy (non-hydrogen) atoms. The van der Waals surface area contributed by atoms with Gasteiger partial charge in [0.1, 0.15) is 6.61 Å². The monoisotopic (exact) mass is 314 g/mol. The molecular formula is C14H18O8. The summed E-state index contributed by atoms with van der Waals surface area (Å²) in [5, 5.41) is 16.1. The third kappa shape index (κ3) is 13.7. The molecule has 0 unspecified atom stereocenters. The van der Waals surface area contributed by atoms with E-state index in [0.717, 1.165) is 12.2 Å². The maximum atomic E-state index is 10.5. The van der Waals surface area contributed by atoms with Crippen molar-refractivity contribution in [2.75, 3.05) is 13.2 Å². The lowest BCUT2D eigenvalue weighted by Crippen LogP contribution is -2.08. The van der Waals surface area contributed by atoms with Crippen LogP contribution in [0.15, 0.2) is 36.5 Å². The van der Waals surface area contributed by atoms with Crippen LogP contribution in [0.4, 0.5) is 0 Å². The maximum absolute atomic E-state index is 10.5. The van der Waals surface area contributed by atoms with E-state index in [1.165, 1.54) is 6.92 Å². The summed E-state index contributed by atoms with van der Waals surface area (Å²) in [5.74, 6) is -2.55. The SMILES string of the molecule is C=C(C)C(=O)O.C=C(C)C(=O)OCCO.O=C1C=CC(=O)O1. The molecule has 8 nitrogen and oxygen atoms in total. The van der Waals surface area contributed by atoms with Gasteiger partial charge in [0.2, 0.25) is 0 Å². The van der Waals surface area contributed by atoms with Crippen molar-refractivity contribution in [3.63, 3.8) is 0 Å². The molecule has 0 amide bonds. The molecule has 0 fully saturated rings. The van der Waals surface area contributed by atoms with Gasteiger partial charge in [-0.15, -0.1) is 0 Å². The average molecular weight is 314 g/mol. The van der Waals surface area contributed by atoms with Crippen LogP contribution in [0.5, 0.6) is 0 Å². The quantitative estimate of drug-likeness (QED) is 0.433. The van der Waals surface area contributed by atoms with Crippen LogP contribution < -0.4 is 0 Å². The molecule has 1 aliphatic rings. The first-order valence-corrected chi connectivity index (χ1v) is 5.88. The number of carbonyl (C=O) groups excluding carboxylic acids is 3. The van der Waals surface area contributed by atoms with Crippen molar-refractivity contribution in [3.05, 3.63) is 36.5 Å². The van der Waals surface area contributed by atoms with Gasteiger partial charge in [0.05, 0.1) is 6.61 Å². The van der Waals surface area contributed by atoms with E-state index < -0.39 is 23.9 Å². The van der Waals surface area contributed by atoms with Gasteiger partial charge in [-0.05, 0) is 13.8 Å². The first-order chi connectivity index (χ1) is 10.1. The molecule has 1 aliphatic heterocycles. The van der Waals surface area contributed by atoms with E-state index in [-0.39, 0.29) is 18.8 Å². The third-order valence-electron chi connectivity index (χ3n) is 1.59. The number of esters is 3. The predicted molar refractivity (Wildman–Crippen MR) is 75.5 cm³/mol. The van der Waals surface area contributed by atoms with Crippen LogP contribution in [0.25, 0.3) is 0 Å². The highest BCUT2D eigenvalue weighted by molar-refractivity contribution is 6.04. The van der Waals surface area contributed by atoms with Crippen molar-refractivity contribution in [2.45, 2.75) is 13.8 Å². The average Bonchev–Trinajstić information content (AvgIpc) is 2.80. The zero-order valence-electron chi connectivity index (χ0n) is 12.3. The van der Waals surface area contributed by atoms with Gasteiger partial charge in [-0.3, -0.25) is 0 Å². The molecule has 0 atom stereocenters. The van der Waals surface area contributed by atoms with Crippen molar-refractivity contribution in [1.29, 1.82) is 0 Å². The van der Waals surface area contributed by atoms with Crippen molar-refractivity contribution in [2.24, 2.45) is 0 Å².